The van der Waals surface area contributed by atoms with E-state index in [1.165, 1.54) is 11.8 Å². The van der Waals surface area contributed by atoms with E-state index in [0.29, 0.717) is 5.69 Å². The molecule has 0 radical (unpaired) electrons. The lowest BCUT2D eigenvalue weighted by atomic mass is 10.2. The number of carbonyl (C=O) groups is 2. The van der Waals surface area contributed by atoms with Crippen LogP contribution in [0.2, 0.25) is 0 Å². The molecule has 0 unspecified atom stereocenters. The van der Waals surface area contributed by atoms with Gasteiger partial charge >= 0.3 is 0 Å². The second-order valence-electron chi connectivity index (χ2n) is 4.61. The lowest BCUT2D eigenvalue weighted by molar-refractivity contribution is -0.126. The van der Waals surface area contributed by atoms with Crippen molar-refractivity contribution in [3.63, 3.8) is 0 Å². The quantitative estimate of drug-likeness (QED) is 0.859. The Hall–Kier alpha value is -1.72. The molecule has 0 aromatic heterocycles. The Kier molecular flexibility index (Phi) is 4.65. The molecule has 2 amide bonds. The van der Waals surface area contributed by atoms with Crippen LogP contribution >= 0.6 is 0 Å². The lowest BCUT2D eigenvalue weighted by Gasteiger charge is -2.28. The molecular weight excluding hydrogens is 242 g/mol. The first-order valence-corrected chi connectivity index (χ1v) is 6.50. The van der Waals surface area contributed by atoms with Crippen LogP contribution in [0, 0.1) is 0 Å². The first kappa shape index (κ1) is 13.7. The lowest BCUT2D eigenvalue weighted by Crippen LogP contribution is -2.49. The van der Waals surface area contributed by atoms with Crippen LogP contribution in [-0.2, 0) is 9.59 Å². The van der Waals surface area contributed by atoms with E-state index in [9.17, 15) is 9.59 Å². The maximum Gasteiger partial charge on any atom is 0.247 e. The maximum atomic E-state index is 12.3. The van der Waals surface area contributed by atoms with Gasteiger partial charge in [-0.3, -0.25) is 14.5 Å². The molecule has 1 aliphatic rings. The third kappa shape index (κ3) is 3.62. The van der Waals surface area contributed by atoms with Gasteiger partial charge in [-0.05, 0) is 12.1 Å². The minimum Gasteiger partial charge on any atom is -0.314 e. The second kappa shape index (κ2) is 6.45. The van der Waals surface area contributed by atoms with E-state index < -0.39 is 0 Å². The average molecular weight is 261 g/mol. The molecule has 0 atom stereocenters. The first-order chi connectivity index (χ1) is 9.18. The summed E-state index contributed by atoms with van der Waals surface area (Å²) >= 11 is 0. The van der Waals surface area contributed by atoms with Crippen LogP contribution in [0.1, 0.15) is 6.92 Å². The summed E-state index contributed by atoms with van der Waals surface area (Å²) in [6.45, 7) is 5.16. The van der Waals surface area contributed by atoms with E-state index in [-0.39, 0.29) is 18.4 Å². The van der Waals surface area contributed by atoms with E-state index in [1.807, 2.05) is 18.2 Å². The van der Waals surface area contributed by atoms with E-state index in [0.717, 1.165) is 26.2 Å². The summed E-state index contributed by atoms with van der Waals surface area (Å²) in [6, 6.07) is 9.06. The molecule has 5 nitrogen and oxygen atoms in total. The first-order valence-electron chi connectivity index (χ1n) is 6.50. The normalized spacial score (nSPS) is 16.1. The third-order valence-corrected chi connectivity index (χ3v) is 3.15. The average Bonchev–Trinajstić information content (AvgIpc) is 2.40. The zero-order chi connectivity index (χ0) is 13.7. The smallest absolute Gasteiger partial charge is 0.247 e. The van der Waals surface area contributed by atoms with E-state index in [2.05, 4.69) is 10.2 Å². The second-order valence-corrected chi connectivity index (χ2v) is 4.61. The van der Waals surface area contributed by atoms with Gasteiger partial charge in [0.05, 0.1) is 12.2 Å². The fourth-order valence-electron chi connectivity index (χ4n) is 2.21. The molecule has 1 heterocycles. The SMILES string of the molecule is CC(=O)N(C(=O)CN1CCNCC1)c1ccccc1. The number of hydrogen-bond donors (Lipinski definition) is 1. The topological polar surface area (TPSA) is 52.7 Å². The van der Waals surface area contributed by atoms with Crippen molar-refractivity contribution in [2.24, 2.45) is 0 Å². The van der Waals surface area contributed by atoms with Crippen molar-refractivity contribution in [2.75, 3.05) is 37.6 Å². The number of carbonyl (C=O) groups excluding carboxylic acids is 2. The predicted octanol–water partition coefficient (Wildman–Crippen LogP) is 0.471. The van der Waals surface area contributed by atoms with Crippen molar-refractivity contribution in [1.82, 2.24) is 10.2 Å². The highest BCUT2D eigenvalue weighted by atomic mass is 16.2. The van der Waals surface area contributed by atoms with Crippen LogP contribution in [0.4, 0.5) is 5.69 Å². The van der Waals surface area contributed by atoms with Gasteiger partial charge in [0.1, 0.15) is 0 Å². The number of para-hydroxylation sites is 1. The largest absolute Gasteiger partial charge is 0.314 e. The number of imide groups is 1. The van der Waals surface area contributed by atoms with Crippen molar-refractivity contribution in [3.8, 4) is 0 Å². The number of amides is 2. The van der Waals surface area contributed by atoms with Gasteiger partial charge in [0.25, 0.3) is 0 Å². The van der Waals surface area contributed by atoms with Crippen LogP contribution in [0.15, 0.2) is 30.3 Å². The molecule has 0 aliphatic carbocycles. The van der Waals surface area contributed by atoms with Gasteiger partial charge in [-0.25, -0.2) is 4.90 Å². The minimum absolute atomic E-state index is 0.166. The molecule has 0 bridgehead atoms. The summed E-state index contributed by atoms with van der Waals surface area (Å²) in [7, 11) is 0. The summed E-state index contributed by atoms with van der Waals surface area (Å²) in [5, 5.41) is 3.24. The van der Waals surface area contributed by atoms with E-state index >= 15 is 0 Å². The van der Waals surface area contributed by atoms with Gasteiger partial charge in [-0.1, -0.05) is 18.2 Å². The third-order valence-electron chi connectivity index (χ3n) is 3.15. The van der Waals surface area contributed by atoms with Gasteiger partial charge in [-0.2, -0.15) is 0 Å². The van der Waals surface area contributed by atoms with Crippen LogP contribution in [-0.4, -0.2) is 49.4 Å². The predicted molar refractivity (Wildman–Crippen MR) is 73.9 cm³/mol. The Labute approximate surface area is 113 Å². The number of nitrogens with zero attached hydrogens (tertiary/aromatic N) is 2. The molecule has 1 N–H and O–H groups in total. The van der Waals surface area contributed by atoms with E-state index in [4.69, 9.17) is 0 Å². The molecular formula is C14H19N3O2. The Morgan fingerprint density at radius 3 is 2.42 bits per heavy atom. The van der Waals surface area contributed by atoms with Crippen molar-refractivity contribution in [2.45, 2.75) is 6.92 Å². The molecule has 1 aromatic rings. The molecule has 102 valence electrons. The zero-order valence-corrected chi connectivity index (χ0v) is 11.1. The Morgan fingerprint density at radius 1 is 1.21 bits per heavy atom. The van der Waals surface area contributed by atoms with Crippen LogP contribution in [0.3, 0.4) is 0 Å². The Bertz CT molecular complexity index is 441. The number of hydrogen-bond acceptors (Lipinski definition) is 4. The standard InChI is InChI=1S/C14H19N3O2/c1-12(18)17(13-5-3-2-4-6-13)14(19)11-16-9-7-15-8-10-16/h2-6,15H,7-11H2,1H3. The Morgan fingerprint density at radius 2 is 1.84 bits per heavy atom. The summed E-state index contributed by atoms with van der Waals surface area (Å²) in [4.78, 5) is 27.3. The van der Waals surface area contributed by atoms with Gasteiger partial charge in [-0.15, -0.1) is 0 Å². The highest BCUT2D eigenvalue weighted by Crippen LogP contribution is 2.14. The van der Waals surface area contributed by atoms with Crippen molar-refractivity contribution in [1.29, 1.82) is 0 Å². The minimum atomic E-state index is -0.244. The fourth-order valence-corrected chi connectivity index (χ4v) is 2.21. The van der Waals surface area contributed by atoms with Crippen LogP contribution < -0.4 is 10.2 Å². The number of rotatable bonds is 3. The molecule has 0 saturated carbocycles. The van der Waals surface area contributed by atoms with Gasteiger partial charge in [0, 0.05) is 33.1 Å². The van der Waals surface area contributed by atoms with Gasteiger partial charge in [0.2, 0.25) is 11.8 Å². The number of anilines is 1. The summed E-state index contributed by atoms with van der Waals surface area (Å²) in [6.07, 6.45) is 0. The molecule has 19 heavy (non-hydrogen) atoms. The number of piperazine rings is 1. The maximum absolute atomic E-state index is 12.3. The summed E-state index contributed by atoms with van der Waals surface area (Å²) < 4.78 is 0. The Balaban J connectivity index is 2.06. The van der Waals surface area contributed by atoms with Crippen LogP contribution in [0.25, 0.3) is 0 Å². The summed E-state index contributed by atoms with van der Waals surface area (Å²) in [5.41, 5.74) is 0.634. The molecule has 1 aromatic carbocycles. The number of nitrogens with one attached hydrogen (secondary N) is 1. The van der Waals surface area contributed by atoms with Crippen molar-refractivity contribution >= 4 is 17.5 Å². The molecule has 1 fully saturated rings. The molecule has 1 aliphatic heterocycles. The van der Waals surface area contributed by atoms with Gasteiger partial charge < -0.3 is 5.32 Å². The van der Waals surface area contributed by atoms with E-state index in [1.54, 1.807) is 12.1 Å². The van der Waals surface area contributed by atoms with Crippen molar-refractivity contribution in [3.05, 3.63) is 30.3 Å². The molecule has 1 saturated heterocycles. The number of benzene rings is 1. The molecule has 5 heteroatoms. The van der Waals surface area contributed by atoms with Crippen LogP contribution in [0.5, 0.6) is 0 Å². The summed E-state index contributed by atoms with van der Waals surface area (Å²) in [5.74, 6) is -0.410. The van der Waals surface area contributed by atoms with Crippen molar-refractivity contribution < 1.29 is 9.59 Å². The zero-order valence-electron chi connectivity index (χ0n) is 11.1. The monoisotopic (exact) mass is 261 g/mol. The molecule has 0 spiro atoms. The fraction of sp³-hybridized carbons (Fsp3) is 0.429. The molecule has 2 rings (SSSR count). The van der Waals surface area contributed by atoms with Gasteiger partial charge in [0.15, 0.2) is 0 Å². The highest BCUT2D eigenvalue weighted by molar-refractivity contribution is 6.14. The highest BCUT2D eigenvalue weighted by Gasteiger charge is 2.22.